The summed E-state index contributed by atoms with van der Waals surface area (Å²) in [6.07, 6.45) is 5.05. The van der Waals surface area contributed by atoms with Crippen LogP contribution >= 0.6 is 0 Å². The average molecular weight is 560 g/mol. The maximum absolute atomic E-state index is 14.2. The molecule has 0 saturated heterocycles. The number of hydrogen-bond donors (Lipinski definition) is 2. The molecule has 2 aromatic carbocycles. The Morgan fingerprint density at radius 3 is 2.51 bits per heavy atom. The molecular formula is C31H38FN7O2. The highest BCUT2D eigenvalue weighted by Gasteiger charge is 2.52. The zero-order valence-electron chi connectivity index (χ0n) is 24.2. The van der Waals surface area contributed by atoms with Crippen molar-refractivity contribution in [2.24, 2.45) is 16.3 Å². The largest absolute Gasteiger partial charge is 0.345 e. The number of halogens is 1. The zero-order valence-corrected chi connectivity index (χ0v) is 24.2. The van der Waals surface area contributed by atoms with E-state index in [2.05, 4.69) is 53.6 Å². The zero-order chi connectivity index (χ0) is 29.2. The number of carbonyl (C=O) groups excluding carboxylic acids is 2. The van der Waals surface area contributed by atoms with Crippen molar-refractivity contribution in [3.8, 4) is 0 Å². The number of aromatic amines is 1. The van der Waals surface area contributed by atoms with E-state index >= 15 is 0 Å². The third kappa shape index (κ3) is 5.92. The number of aromatic nitrogens is 4. The lowest BCUT2D eigenvalue weighted by molar-refractivity contribution is -0.133. The first-order valence-electron chi connectivity index (χ1n) is 14.4. The monoisotopic (exact) mass is 559 g/mol. The number of hydrogen-bond acceptors (Lipinski definition) is 6. The van der Waals surface area contributed by atoms with E-state index in [1.807, 2.05) is 17.0 Å². The molecule has 2 amide bonds. The first kappa shape index (κ1) is 28.6. The van der Waals surface area contributed by atoms with Crippen molar-refractivity contribution >= 4 is 17.5 Å². The van der Waals surface area contributed by atoms with E-state index in [9.17, 15) is 14.0 Å². The normalized spacial score (nSPS) is 21.7. The van der Waals surface area contributed by atoms with E-state index in [1.54, 1.807) is 24.3 Å². The molecule has 3 aromatic rings. The number of H-pyrrole nitrogens is 1. The summed E-state index contributed by atoms with van der Waals surface area (Å²) in [7, 11) is 0. The second-order valence-corrected chi connectivity index (χ2v) is 12.2. The molecule has 0 bridgehead atoms. The Morgan fingerprint density at radius 2 is 1.90 bits per heavy atom. The maximum atomic E-state index is 14.2. The van der Waals surface area contributed by atoms with Crippen molar-refractivity contribution in [2.75, 3.05) is 0 Å². The van der Waals surface area contributed by atoms with E-state index in [0.717, 1.165) is 44.1 Å². The van der Waals surface area contributed by atoms with Gasteiger partial charge in [-0.15, -0.1) is 10.2 Å². The van der Waals surface area contributed by atoms with Gasteiger partial charge in [-0.3, -0.25) is 14.6 Å². The maximum Gasteiger partial charge on any atom is 0.275 e. The summed E-state index contributed by atoms with van der Waals surface area (Å²) in [6, 6.07) is 13.3. The van der Waals surface area contributed by atoms with E-state index < -0.39 is 5.66 Å². The standard InChI is InChI=1S/C31H38FN7O2/c1-5-7-25(20-10-12-21(13-11-20)28(40)33-19-26-35-37-38-36-26)39-29(41)27(22-8-6-9-24(32)18-22)34-31(39)16-14-23(15-17-31)30(2,3)4/h6,8-13,18,23,25H,5,7,14-17,19H2,1-4H3,(H,33,40)(H,35,36,37,38). The summed E-state index contributed by atoms with van der Waals surface area (Å²) >= 11 is 0. The van der Waals surface area contributed by atoms with Gasteiger partial charge >= 0.3 is 0 Å². The van der Waals surface area contributed by atoms with Gasteiger partial charge in [-0.2, -0.15) is 5.21 Å². The Bertz CT molecular complexity index is 1400. The third-order valence-electron chi connectivity index (χ3n) is 8.53. The highest BCUT2D eigenvalue weighted by atomic mass is 19.1. The van der Waals surface area contributed by atoms with Crippen LogP contribution in [-0.2, 0) is 11.3 Å². The number of aliphatic imine (C=N–C) groups is 1. The first-order valence-corrected chi connectivity index (χ1v) is 14.4. The van der Waals surface area contributed by atoms with Crippen LogP contribution in [0.5, 0.6) is 0 Å². The summed E-state index contributed by atoms with van der Waals surface area (Å²) in [5, 5.41) is 16.4. The SMILES string of the molecule is CCCC(c1ccc(C(=O)NCc2nn[nH]n2)cc1)N1C(=O)C(c2cccc(F)c2)=NC12CCC(C(C)(C)C)CC2. The number of benzene rings is 2. The molecule has 0 radical (unpaired) electrons. The molecule has 2 aliphatic rings. The molecule has 1 aromatic heterocycles. The van der Waals surface area contributed by atoms with E-state index in [0.29, 0.717) is 28.6 Å². The quantitative estimate of drug-likeness (QED) is 0.385. The molecule has 2 N–H and O–H groups in total. The molecule has 10 heteroatoms. The van der Waals surface area contributed by atoms with Gasteiger partial charge in [0, 0.05) is 11.1 Å². The lowest BCUT2D eigenvalue weighted by Gasteiger charge is -2.47. The Morgan fingerprint density at radius 1 is 1.17 bits per heavy atom. The number of rotatable bonds is 8. The highest BCUT2D eigenvalue weighted by molar-refractivity contribution is 6.46. The van der Waals surface area contributed by atoms with Crippen molar-refractivity contribution in [3.63, 3.8) is 0 Å². The van der Waals surface area contributed by atoms with Crippen LogP contribution in [0.4, 0.5) is 4.39 Å². The first-order chi connectivity index (χ1) is 19.6. The Labute approximate surface area is 240 Å². The van der Waals surface area contributed by atoms with Gasteiger partial charge in [0.2, 0.25) is 0 Å². The van der Waals surface area contributed by atoms with Crippen LogP contribution in [-0.4, -0.2) is 48.7 Å². The Hall–Kier alpha value is -3.95. The summed E-state index contributed by atoms with van der Waals surface area (Å²) in [5.41, 5.74) is 1.78. The molecule has 1 aliphatic heterocycles. The molecule has 41 heavy (non-hydrogen) atoms. The van der Waals surface area contributed by atoms with Crippen LogP contribution in [0.25, 0.3) is 0 Å². The van der Waals surface area contributed by atoms with E-state index in [1.165, 1.54) is 12.1 Å². The Balaban J connectivity index is 1.45. The van der Waals surface area contributed by atoms with Crippen molar-refractivity contribution in [3.05, 3.63) is 76.9 Å². The predicted octanol–water partition coefficient (Wildman–Crippen LogP) is 5.37. The van der Waals surface area contributed by atoms with Crippen LogP contribution in [0.15, 0.2) is 53.5 Å². The molecular weight excluding hydrogens is 521 g/mol. The number of nitrogens with one attached hydrogen (secondary N) is 2. The second-order valence-electron chi connectivity index (χ2n) is 12.2. The van der Waals surface area contributed by atoms with Crippen LogP contribution in [0, 0.1) is 17.2 Å². The van der Waals surface area contributed by atoms with Gasteiger partial charge in [0.25, 0.3) is 11.8 Å². The molecule has 1 unspecified atom stereocenters. The van der Waals surface area contributed by atoms with E-state index in [-0.39, 0.29) is 35.6 Å². The van der Waals surface area contributed by atoms with E-state index in [4.69, 9.17) is 4.99 Å². The average Bonchev–Trinajstić information content (AvgIpc) is 3.57. The molecule has 1 spiro atoms. The van der Waals surface area contributed by atoms with Crippen LogP contribution in [0.3, 0.4) is 0 Å². The second kappa shape index (κ2) is 11.5. The number of tetrazole rings is 1. The summed E-state index contributed by atoms with van der Waals surface area (Å²) in [5.74, 6) is 0.129. The fourth-order valence-corrected chi connectivity index (χ4v) is 6.26. The van der Waals surface area contributed by atoms with Crippen molar-refractivity contribution in [1.82, 2.24) is 30.8 Å². The van der Waals surface area contributed by atoms with Crippen molar-refractivity contribution < 1.29 is 14.0 Å². The lowest BCUT2D eigenvalue weighted by Crippen LogP contribution is -2.51. The highest BCUT2D eigenvalue weighted by Crippen LogP contribution is 2.49. The molecule has 1 aliphatic carbocycles. The number of carbonyl (C=O) groups is 2. The summed E-state index contributed by atoms with van der Waals surface area (Å²) in [4.78, 5) is 34.1. The molecule has 1 saturated carbocycles. The molecule has 1 atom stereocenters. The molecule has 2 heterocycles. The fraction of sp³-hybridized carbons (Fsp3) is 0.484. The molecule has 9 nitrogen and oxygen atoms in total. The van der Waals surface area contributed by atoms with Gasteiger partial charge in [-0.1, -0.05) is 63.6 Å². The van der Waals surface area contributed by atoms with Crippen LogP contribution in [0.2, 0.25) is 0 Å². The summed E-state index contributed by atoms with van der Waals surface area (Å²) < 4.78 is 14.2. The minimum absolute atomic E-state index is 0.162. The van der Waals surface area contributed by atoms with Gasteiger partial charge in [-0.25, -0.2) is 4.39 Å². The van der Waals surface area contributed by atoms with Crippen LogP contribution in [0.1, 0.15) is 99.6 Å². The van der Waals surface area contributed by atoms with Gasteiger partial charge in [0.15, 0.2) is 5.82 Å². The lowest BCUT2D eigenvalue weighted by atomic mass is 9.69. The third-order valence-corrected chi connectivity index (χ3v) is 8.53. The summed E-state index contributed by atoms with van der Waals surface area (Å²) in [6.45, 7) is 9.08. The Kier molecular flexibility index (Phi) is 8.02. The molecule has 1 fully saturated rings. The minimum atomic E-state index is -0.680. The fourth-order valence-electron chi connectivity index (χ4n) is 6.26. The van der Waals surface area contributed by atoms with Gasteiger partial charge in [0.1, 0.15) is 17.2 Å². The molecule has 5 rings (SSSR count). The van der Waals surface area contributed by atoms with Crippen molar-refractivity contribution in [2.45, 2.75) is 84.5 Å². The van der Waals surface area contributed by atoms with Crippen LogP contribution < -0.4 is 5.32 Å². The minimum Gasteiger partial charge on any atom is -0.345 e. The number of nitrogens with zero attached hydrogens (tertiary/aromatic N) is 5. The number of amides is 2. The van der Waals surface area contributed by atoms with Gasteiger partial charge in [-0.05, 0) is 73.3 Å². The smallest absolute Gasteiger partial charge is 0.275 e. The van der Waals surface area contributed by atoms with Gasteiger partial charge in [0.05, 0.1) is 12.6 Å². The van der Waals surface area contributed by atoms with Crippen molar-refractivity contribution in [1.29, 1.82) is 0 Å². The topological polar surface area (TPSA) is 116 Å². The van der Waals surface area contributed by atoms with Gasteiger partial charge < -0.3 is 10.2 Å². The molecule has 216 valence electrons. The predicted molar refractivity (Wildman–Crippen MR) is 153 cm³/mol.